The molecule has 0 bridgehead atoms. The SMILES string of the molecule is O=C(O)CCCCC(=O)O.O=C(O)CCCCC(=O)O.OCCCO. The van der Waals surface area contributed by atoms with Crippen LogP contribution in [0.2, 0.25) is 0 Å². The molecule has 0 aliphatic heterocycles. The molecule has 0 unspecified atom stereocenters. The van der Waals surface area contributed by atoms with E-state index < -0.39 is 23.9 Å². The predicted octanol–water partition coefficient (Wildman–Crippen LogP) is 0.793. The van der Waals surface area contributed by atoms with Crippen molar-refractivity contribution in [3.63, 3.8) is 0 Å². The minimum absolute atomic E-state index is 0.0628. The largest absolute Gasteiger partial charge is 0.481 e. The Labute approximate surface area is 145 Å². The summed E-state index contributed by atoms with van der Waals surface area (Å²) >= 11 is 0. The Morgan fingerprint density at radius 2 is 0.640 bits per heavy atom. The summed E-state index contributed by atoms with van der Waals surface area (Å²) in [7, 11) is 0. The highest BCUT2D eigenvalue weighted by molar-refractivity contribution is 5.68. The summed E-state index contributed by atoms with van der Waals surface area (Å²) in [6.07, 6.45) is 2.54. The first kappa shape index (κ1) is 27.6. The first-order valence-electron chi connectivity index (χ1n) is 7.76. The van der Waals surface area contributed by atoms with Crippen LogP contribution in [0, 0.1) is 0 Å². The van der Waals surface area contributed by atoms with E-state index in [1.165, 1.54) is 0 Å². The van der Waals surface area contributed by atoms with Crippen molar-refractivity contribution in [1.82, 2.24) is 0 Å². The molecule has 0 heterocycles. The molecule has 0 spiro atoms. The van der Waals surface area contributed by atoms with Gasteiger partial charge in [-0.25, -0.2) is 0 Å². The molecule has 0 rings (SSSR count). The van der Waals surface area contributed by atoms with Gasteiger partial charge >= 0.3 is 23.9 Å². The number of aliphatic hydroxyl groups excluding tert-OH is 2. The third-order valence-electron chi connectivity index (χ3n) is 2.38. The second kappa shape index (κ2) is 21.8. The minimum atomic E-state index is -0.870. The van der Waals surface area contributed by atoms with Gasteiger partial charge in [-0.2, -0.15) is 0 Å². The van der Waals surface area contributed by atoms with Gasteiger partial charge in [0.05, 0.1) is 0 Å². The highest BCUT2D eigenvalue weighted by Crippen LogP contribution is 1.99. The number of rotatable bonds is 12. The highest BCUT2D eigenvalue weighted by atomic mass is 16.4. The Bertz CT molecular complexity index is 301. The van der Waals surface area contributed by atoms with Gasteiger partial charge in [-0.3, -0.25) is 19.2 Å². The van der Waals surface area contributed by atoms with Gasteiger partial charge < -0.3 is 30.6 Å². The van der Waals surface area contributed by atoms with E-state index in [2.05, 4.69) is 0 Å². The van der Waals surface area contributed by atoms with Crippen molar-refractivity contribution in [1.29, 1.82) is 0 Å². The molecule has 0 aromatic heterocycles. The molecular weight excluding hydrogens is 340 g/mol. The molecule has 0 aliphatic rings. The average Bonchev–Trinajstić information content (AvgIpc) is 2.49. The van der Waals surface area contributed by atoms with E-state index >= 15 is 0 Å². The quantitative estimate of drug-likeness (QED) is 0.268. The Balaban J connectivity index is -0.000000308. The standard InChI is InChI=1S/2C6H10O4.C3H8O2/c2*7-5(8)3-1-2-4-6(9)10;4-2-1-3-5/h2*1-4H2,(H,7,8)(H,9,10);4-5H,1-3H2. The van der Waals surface area contributed by atoms with Gasteiger partial charge in [0.25, 0.3) is 0 Å². The molecule has 0 saturated carbocycles. The Kier molecular flexibility index (Phi) is 24.1. The molecule has 10 nitrogen and oxygen atoms in total. The molecule has 148 valence electrons. The summed E-state index contributed by atoms with van der Waals surface area (Å²) in [5, 5.41) is 48.3. The van der Waals surface area contributed by atoms with Crippen molar-refractivity contribution in [3.05, 3.63) is 0 Å². The van der Waals surface area contributed by atoms with Gasteiger partial charge in [0.15, 0.2) is 0 Å². The van der Waals surface area contributed by atoms with Crippen molar-refractivity contribution in [2.45, 2.75) is 57.8 Å². The van der Waals surface area contributed by atoms with E-state index in [1.54, 1.807) is 0 Å². The molecule has 6 N–H and O–H groups in total. The number of hydrogen-bond donors (Lipinski definition) is 6. The van der Waals surface area contributed by atoms with Crippen molar-refractivity contribution in [2.75, 3.05) is 13.2 Å². The minimum Gasteiger partial charge on any atom is -0.481 e. The lowest BCUT2D eigenvalue weighted by molar-refractivity contribution is -0.139. The molecule has 10 heteroatoms. The zero-order valence-electron chi connectivity index (χ0n) is 14.1. The summed E-state index contributed by atoms with van der Waals surface area (Å²) in [5.41, 5.74) is 0. The van der Waals surface area contributed by atoms with Crippen LogP contribution in [0.1, 0.15) is 57.8 Å². The van der Waals surface area contributed by atoms with E-state index in [0.717, 1.165) is 0 Å². The monoisotopic (exact) mass is 368 g/mol. The fourth-order valence-electron chi connectivity index (χ4n) is 1.18. The number of carboxylic acids is 4. The molecule has 0 radical (unpaired) electrons. The number of aliphatic hydroxyl groups is 2. The predicted molar refractivity (Wildman–Crippen MR) is 86.3 cm³/mol. The molecule has 0 amide bonds. The van der Waals surface area contributed by atoms with E-state index in [9.17, 15) is 19.2 Å². The van der Waals surface area contributed by atoms with Gasteiger partial charge in [-0.05, 0) is 32.1 Å². The third-order valence-corrected chi connectivity index (χ3v) is 2.38. The number of carboxylic acid groups (broad SMARTS) is 4. The number of hydrogen-bond acceptors (Lipinski definition) is 6. The lowest BCUT2D eigenvalue weighted by Crippen LogP contribution is -1.97. The topological polar surface area (TPSA) is 190 Å². The van der Waals surface area contributed by atoms with Crippen molar-refractivity contribution >= 4 is 23.9 Å². The van der Waals surface area contributed by atoms with Crippen LogP contribution in [0.3, 0.4) is 0 Å². The fraction of sp³-hybridized carbons (Fsp3) is 0.733. The lowest BCUT2D eigenvalue weighted by atomic mass is 10.2. The Morgan fingerprint density at radius 1 is 0.440 bits per heavy atom. The molecule has 0 aromatic rings. The van der Waals surface area contributed by atoms with E-state index in [4.69, 9.17) is 30.6 Å². The maximum atomic E-state index is 9.90. The lowest BCUT2D eigenvalue weighted by Gasteiger charge is -1.92. The Morgan fingerprint density at radius 3 is 0.720 bits per heavy atom. The maximum Gasteiger partial charge on any atom is 0.303 e. The summed E-state index contributed by atoms with van der Waals surface area (Å²) in [6, 6.07) is 0. The summed E-state index contributed by atoms with van der Waals surface area (Å²) in [4.78, 5) is 39.6. The van der Waals surface area contributed by atoms with Gasteiger partial charge in [-0.15, -0.1) is 0 Å². The van der Waals surface area contributed by atoms with Crippen molar-refractivity contribution in [3.8, 4) is 0 Å². The summed E-state index contributed by atoms with van der Waals surface area (Å²) in [5.74, 6) is -3.48. The van der Waals surface area contributed by atoms with Gasteiger partial charge in [0.2, 0.25) is 0 Å². The van der Waals surface area contributed by atoms with Gasteiger partial charge in [0, 0.05) is 38.9 Å². The molecular formula is C15H28O10. The molecule has 0 atom stereocenters. The van der Waals surface area contributed by atoms with Crippen LogP contribution in [-0.2, 0) is 19.2 Å². The molecule has 0 saturated heterocycles. The summed E-state index contributed by atoms with van der Waals surface area (Å²) < 4.78 is 0. The second-order valence-corrected chi connectivity index (χ2v) is 4.79. The first-order valence-corrected chi connectivity index (χ1v) is 7.76. The number of unbranched alkanes of at least 4 members (excludes halogenated alkanes) is 2. The van der Waals surface area contributed by atoms with Crippen LogP contribution in [-0.4, -0.2) is 67.7 Å². The third kappa shape index (κ3) is 44.9. The molecule has 0 aliphatic carbocycles. The molecule has 0 aromatic carbocycles. The average molecular weight is 368 g/mol. The maximum absolute atomic E-state index is 9.90. The fourth-order valence-corrected chi connectivity index (χ4v) is 1.18. The van der Waals surface area contributed by atoms with Gasteiger partial charge in [-0.1, -0.05) is 0 Å². The van der Waals surface area contributed by atoms with Crippen molar-refractivity contribution < 1.29 is 49.8 Å². The number of aliphatic carboxylic acids is 4. The zero-order valence-corrected chi connectivity index (χ0v) is 14.1. The number of carbonyl (C=O) groups is 4. The normalized spacial score (nSPS) is 9.04. The van der Waals surface area contributed by atoms with Crippen LogP contribution in [0.25, 0.3) is 0 Å². The smallest absolute Gasteiger partial charge is 0.303 e. The van der Waals surface area contributed by atoms with Crippen LogP contribution < -0.4 is 0 Å². The van der Waals surface area contributed by atoms with Crippen LogP contribution in [0.5, 0.6) is 0 Å². The van der Waals surface area contributed by atoms with Gasteiger partial charge in [0.1, 0.15) is 0 Å². The Hall–Kier alpha value is -2.20. The highest BCUT2D eigenvalue weighted by Gasteiger charge is 1.99. The van der Waals surface area contributed by atoms with E-state index in [0.29, 0.717) is 32.1 Å². The van der Waals surface area contributed by atoms with E-state index in [1.807, 2.05) is 0 Å². The van der Waals surface area contributed by atoms with Crippen LogP contribution in [0.4, 0.5) is 0 Å². The second-order valence-electron chi connectivity index (χ2n) is 4.79. The zero-order chi connectivity index (χ0) is 20.1. The molecule has 0 fully saturated rings. The van der Waals surface area contributed by atoms with Crippen LogP contribution in [0.15, 0.2) is 0 Å². The summed E-state index contributed by atoms with van der Waals surface area (Å²) in [6.45, 7) is 0.188. The first-order chi connectivity index (χ1) is 11.7. The van der Waals surface area contributed by atoms with E-state index in [-0.39, 0.29) is 38.9 Å². The molecule has 25 heavy (non-hydrogen) atoms. The van der Waals surface area contributed by atoms with Crippen molar-refractivity contribution in [2.24, 2.45) is 0 Å². The van der Waals surface area contributed by atoms with Crippen LogP contribution >= 0.6 is 0 Å².